The minimum atomic E-state index is 0.744. The Morgan fingerprint density at radius 2 is 1.82 bits per heavy atom. The second kappa shape index (κ2) is 7.50. The minimum Gasteiger partial charge on any atom is -0.440 e. The summed E-state index contributed by atoms with van der Waals surface area (Å²) < 4.78 is 7.97. The van der Waals surface area contributed by atoms with Gasteiger partial charge in [0.05, 0.1) is 16.3 Å². The lowest BCUT2D eigenvalue weighted by Gasteiger charge is -2.33. The van der Waals surface area contributed by atoms with Gasteiger partial charge in [-0.05, 0) is 30.5 Å². The standard InChI is InChI=1S/C21H23N5OS/c1-16-18(23-21(27-16)19-5-4-12-28-19)15-25-10-8-24(9-11-25)13-17-14-26-7-3-2-6-20(26)22-17/h2-7,12,14H,8-11,13,15H2,1H3. The van der Waals surface area contributed by atoms with Crippen LogP contribution in [0.15, 0.2) is 52.5 Å². The maximum atomic E-state index is 5.88. The Morgan fingerprint density at radius 1 is 1.00 bits per heavy atom. The number of aryl methyl sites for hydroxylation is 1. The number of fused-ring (bicyclic) bond motifs is 1. The topological polar surface area (TPSA) is 49.8 Å². The van der Waals surface area contributed by atoms with E-state index in [2.05, 4.69) is 38.0 Å². The van der Waals surface area contributed by atoms with Crippen LogP contribution in [0.25, 0.3) is 16.4 Å². The van der Waals surface area contributed by atoms with Crippen molar-refractivity contribution < 1.29 is 4.42 Å². The van der Waals surface area contributed by atoms with Crippen LogP contribution in [0.4, 0.5) is 0 Å². The first-order valence-corrected chi connectivity index (χ1v) is 10.5. The zero-order chi connectivity index (χ0) is 18.9. The highest BCUT2D eigenvalue weighted by Crippen LogP contribution is 2.26. The molecule has 5 heterocycles. The van der Waals surface area contributed by atoms with Gasteiger partial charge in [-0.25, -0.2) is 9.97 Å². The van der Waals surface area contributed by atoms with Crippen LogP contribution < -0.4 is 0 Å². The van der Waals surface area contributed by atoms with Gasteiger partial charge in [0, 0.05) is 51.7 Å². The molecule has 0 bridgehead atoms. The normalized spacial score (nSPS) is 16.2. The van der Waals surface area contributed by atoms with Crippen LogP contribution in [0.3, 0.4) is 0 Å². The number of pyridine rings is 1. The molecule has 7 heteroatoms. The molecule has 144 valence electrons. The van der Waals surface area contributed by atoms with Gasteiger partial charge >= 0.3 is 0 Å². The molecular formula is C21H23N5OS. The van der Waals surface area contributed by atoms with E-state index in [9.17, 15) is 0 Å². The van der Waals surface area contributed by atoms with Gasteiger partial charge in [0.15, 0.2) is 0 Å². The zero-order valence-corrected chi connectivity index (χ0v) is 16.7. The molecule has 4 aromatic heterocycles. The van der Waals surface area contributed by atoms with Crippen molar-refractivity contribution in [2.45, 2.75) is 20.0 Å². The lowest BCUT2D eigenvalue weighted by atomic mass is 10.2. The van der Waals surface area contributed by atoms with Crippen LogP contribution in [0, 0.1) is 6.92 Å². The second-order valence-corrected chi connectivity index (χ2v) is 8.20. The van der Waals surface area contributed by atoms with Crippen LogP contribution in [0.5, 0.6) is 0 Å². The Labute approximate surface area is 168 Å². The molecule has 1 saturated heterocycles. The molecule has 0 spiro atoms. The molecule has 1 fully saturated rings. The van der Waals surface area contributed by atoms with E-state index in [4.69, 9.17) is 14.4 Å². The van der Waals surface area contributed by atoms with Crippen molar-refractivity contribution in [2.24, 2.45) is 0 Å². The summed E-state index contributed by atoms with van der Waals surface area (Å²) in [5.74, 6) is 1.67. The Hall–Kier alpha value is -2.48. The minimum absolute atomic E-state index is 0.744. The first-order chi connectivity index (χ1) is 13.7. The van der Waals surface area contributed by atoms with Gasteiger partial charge in [-0.15, -0.1) is 11.3 Å². The molecule has 28 heavy (non-hydrogen) atoms. The van der Waals surface area contributed by atoms with E-state index in [-0.39, 0.29) is 0 Å². The average molecular weight is 394 g/mol. The van der Waals surface area contributed by atoms with Crippen LogP contribution in [-0.2, 0) is 13.1 Å². The van der Waals surface area contributed by atoms with Crippen molar-refractivity contribution in [1.29, 1.82) is 0 Å². The molecule has 0 N–H and O–H groups in total. The van der Waals surface area contributed by atoms with E-state index in [1.54, 1.807) is 11.3 Å². The number of aromatic nitrogens is 3. The van der Waals surface area contributed by atoms with E-state index in [1.807, 2.05) is 31.2 Å². The van der Waals surface area contributed by atoms with Crippen molar-refractivity contribution >= 4 is 17.0 Å². The number of imidazole rings is 1. The SMILES string of the molecule is Cc1oc(-c2cccs2)nc1CN1CCN(Cc2cn3ccccc3n2)CC1. The van der Waals surface area contributed by atoms with Gasteiger partial charge in [0.25, 0.3) is 0 Å². The van der Waals surface area contributed by atoms with E-state index in [1.165, 1.54) is 0 Å². The Balaban J connectivity index is 1.18. The highest BCUT2D eigenvalue weighted by Gasteiger charge is 2.21. The van der Waals surface area contributed by atoms with Gasteiger partial charge in [0.1, 0.15) is 11.4 Å². The Morgan fingerprint density at radius 3 is 2.57 bits per heavy atom. The predicted octanol–water partition coefficient (Wildman–Crippen LogP) is 3.68. The fourth-order valence-electron chi connectivity index (χ4n) is 3.69. The van der Waals surface area contributed by atoms with Crippen molar-refractivity contribution in [3.8, 4) is 10.8 Å². The third-order valence-corrected chi connectivity index (χ3v) is 6.12. The quantitative estimate of drug-likeness (QED) is 0.518. The van der Waals surface area contributed by atoms with Gasteiger partial charge in [-0.3, -0.25) is 9.80 Å². The van der Waals surface area contributed by atoms with E-state index < -0.39 is 0 Å². The highest BCUT2D eigenvalue weighted by molar-refractivity contribution is 7.13. The fraction of sp³-hybridized carbons (Fsp3) is 0.333. The van der Waals surface area contributed by atoms with Crippen LogP contribution in [0.2, 0.25) is 0 Å². The lowest BCUT2D eigenvalue weighted by molar-refractivity contribution is 0.120. The fourth-order valence-corrected chi connectivity index (χ4v) is 4.34. The average Bonchev–Trinajstić information content (AvgIpc) is 3.43. The monoisotopic (exact) mass is 393 g/mol. The summed E-state index contributed by atoms with van der Waals surface area (Å²) in [5.41, 5.74) is 3.20. The lowest BCUT2D eigenvalue weighted by Crippen LogP contribution is -2.45. The number of oxazole rings is 1. The third-order valence-electron chi connectivity index (χ3n) is 5.26. The Kier molecular flexibility index (Phi) is 4.72. The molecule has 5 rings (SSSR count). The largest absolute Gasteiger partial charge is 0.440 e. The maximum absolute atomic E-state index is 5.88. The zero-order valence-electron chi connectivity index (χ0n) is 15.9. The summed E-state index contributed by atoms with van der Waals surface area (Å²) in [7, 11) is 0. The summed E-state index contributed by atoms with van der Waals surface area (Å²) in [6, 6.07) is 10.2. The molecular weight excluding hydrogens is 370 g/mol. The van der Waals surface area contributed by atoms with E-state index in [0.717, 1.165) is 72.8 Å². The van der Waals surface area contributed by atoms with E-state index in [0.29, 0.717) is 0 Å². The number of hydrogen-bond acceptors (Lipinski definition) is 6. The van der Waals surface area contributed by atoms with E-state index >= 15 is 0 Å². The van der Waals surface area contributed by atoms with Gasteiger partial charge in [-0.2, -0.15) is 0 Å². The van der Waals surface area contributed by atoms with Gasteiger partial charge in [0.2, 0.25) is 5.89 Å². The smallest absolute Gasteiger partial charge is 0.236 e. The predicted molar refractivity (Wildman–Crippen MR) is 110 cm³/mol. The van der Waals surface area contributed by atoms with Crippen LogP contribution in [-0.4, -0.2) is 50.3 Å². The summed E-state index contributed by atoms with van der Waals surface area (Å²) in [5, 5.41) is 2.05. The molecule has 0 saturated carbocycles. The number of rotatable bonds is 5. The number of piperazine rings is 1. The molecule has 1 aliphatic heterocycles. The summed E-state index contributed by atoms with van der Waals surface area (Å²) in [4.78, 5) is 15.5. The van der Waals surface area contributed by atoms with Crippen molar-refractivity contribution in [3.05, 3.63) is 65.3 Å². The molecule has 0 atom stereocenters. The summed E-state index contributed by atoms with van der Waals surface area (Å²) in [6.45, 7) is 7.93. The first kappa shape index (κ1) is 17.6. The molecule has 1 aliphatic rings. The summed E-state index contributed by atoms with van der Waals surface area (Å²) in [6.07, 6.45) is 4.18. The molecule has 4 aromatic rings. The Bertz CT molecular complexity index is 1030. The van der Waals surface area contributed by atoms with Gasteiger partial charge in [-0.1, -0.05) is 12.1 Å². The molecule has 0 unspecified atom stereocenters. The van der Waals surface area contributed by atoms with Crippen LogP contribution >= 0.6 is 11.3 Å². The molecule has 6 nitrogen and oxygen atoms in total. The van der Waals surface area contributed by atoms with Crippen molar-refractivity contribution in [2.75, 3.05) is 26.2 Å². The van der Waals surface area contributed by atoms with Gasteiger partial charge < -0.3 is 8.82 Å². The molecule has 0 aliphatic carbocycles. The second-order valence-electron chi connectivity index (χ2n) is 7.25. The third kappa shape index (κ3) is 3.61. The van der Waals surface area contributed by atoms with Crippen molar-refractivity contribution in [1.82, 2.24) is 24.2 Å². The maximum Gasteiger partial charge on any atom is 0.236 e. The number of hydrogen-bond donors (Lipinski definition) is 0. The molecule has 0 aromatic carbocycles. The number of thiophene rings is 1. The van der Waals surface area contributed by atoms with Crippen LogP contribution in [0.1, 0.15) is 17.1 Å². The molecule has 0 amide bonds. The molecule has 0 radical (unpaired) electrons. The highest BCUT2D eigenvalue weighted by atomic mass is 32.1. The first-order valence-electron chi connectivity index (χ1n) is 9.62. The number of nitrogens with zero attached hydrogens (tertiary/aromatic N) is 5. The van der Waals surface area contributed by atoms with Crippen molar-refractivity contribution in [3.63, 3.8) is 0 Å². The summed E-state index contributed by atoms with van der Waals surface area (Å²) >= 11 is 1.66.